The molecular formula is C17H28N2O2. The molecule has 0 aliphatic rings. The van der Waals surface area contributed by atoms with E-state index in [0.717, 1.165) is 19.4 Å². The van der Waals surface area contributed by atoms with Gasteiger partial charge in [0.15, 0.2) is 0 Å². The summed E-state index contributed by atoms with van der Waals surface area (Å²) in [5.41, 5.74) is 1.89. The number of hydrogen-bond donors (Lipinski definition) is 2. The van der Waals surface area contributed by atoms with E-state index in [0.29, 0.717) is 12.1 Å². The molecular weight excluding hydrogens is 264 g/mol. The lowest BCUT2D eigenvalue weighted by Crippen LogP contribution is -2.34. The van der Waals surface area contributed by atoms with Gasteiger partial charge in [-0.05, 0) is 50.0 Å². The molecule has 4 heteroatoms. The summed E-state index contributed by atoms with van der Waals surface area (Å²) in [6.45, 7) is 5.89. The summed E-state index contributed by atoms with van der Waals surface area (Å²) in [5.74, 6) is -0.0384. The van der Waals surface area contributed by atoms with Gasteiger partial charge in [-0.15, -0.1) is 0 Å². The Kier molecular flexibility index (Phi) is 6.85. The molecule has 0 spiro atoms. The maximum Gasteiger partial charge on any atom is 0.251 e. The summed E-state index contributed by atoms with van der Waals surface area (Å²) in [5, 5.41) is 11.9. The van der Waals surface area contributed by atoms with E-state index >= 15 is 0 Å². The Morgan fingerprint density at radius 3 is 2.38 bits per heavy atom. The molecule has 1 amide bonds. The molecule has 0 bridgehead atoms. The van der Waals surface area contributed by atoms with Crippen molar-refractivity contribution in [3.63, 3.8) is 0 Å². The van der Waals surface area contributed by atoms with E-state index in [1.54, 1.807) is 0 Å². The second-order valence-corrected chi connectivity index (χ2v) is 6.61. The fourth-order valence-corrected chi connectivity index (χ4v) is 2.19. The largest absolute Gasteiger partial charge is 0.396 e. The van der Waals surface area contributed by atoms with Crippen LogP contribution in [0.3, 0.4) is 0 Å². The number of carbonyl (C=O) groups is 1. The molecule has 0 unspecified atom stereocenters. The van der Waals surface area contributed by atoms with Crippen LogP contribution in [0.2, 0.25) is 0 Å². The molecule has 0 aromatic heterocycles. The minimum absolute atomic E-state index is 0.00323. The summed E-state index contributed by atoms with van der Waals surface area (Å²) >= 11 is 0. The van der Waals surface area contributed by atoms with Crippen molar-refractivity contribution in [2.24, 2.45) is 5.41 Å². The number of amides is 1. The monoisotopic (exact) mass is 292 g/mol. The molecule has 0 radical (unpaired) electrons. The first-order valence-corrected chi connectivity index (χ1v) is 7.47. The second-order valence-electron chi connectivity index (χ2n) is 6.61. The van der Waals surface area contributed by atoms with Gasteiger partial charge in [-0.25, -0.2) is 0 Å². The Labute approximate surface area is 128 Å². The molecule has 0 aliphatic carbocycles. The first kappa shape index (κ1) is 17.7. The van der Waals surface area contributed by atoms with Crippen molar-refractivity contribution in [3.8, 4) is 0 Å². The van der Waals surface area contributed by atoms with Crippen molar-refractivity contribution < 1.29 is 9.90 Å². The maximum atomic E-state index is 12.1. The van der Waals surface area contributed by atoms with Crippen LogP contribution >= 0.6 is 0 Å². The third-order valence-electron chi connectivity index (χ3n) is 3.45. The lowest BCUT2D eigenvalue weighted by Gasteiger charge is -2.24. The summed E-state index contributed by atoms with van der Waals surface area (Å²) in [6, 6.07) is 7.72. The van der Waals surface area contributed by atoms with Gasteiger partial charge in [0.05, 0.1) is 0 Å². The molecule has 1 rings (SSSR count). The van der Waals surface area contributed by atoms with E-state index in [4.69, 9.17) is 5.11 Å². The minimum Gasteiger partial charge on any atom is -0.396 e. The van der Waals surface area contributed by atoms with Gasteiger partial charge in [0, 0.05) is 25.3 Å². The molecule has 0 aliphatic heterocycles. The maximum absolute atomic E-state index is 12.1. The minimum atomic E-state index is -0.0384. The zero-order chi connectivity index (χ0) is 15.9. The van der Waals surface area contributed by atoms with Gasteiger partial charge in [-0.1, -0.05) is 26.0 Å². The predicted molar refractivity (Wildman–Crippen MR) is 86.3 cm³/mol. The molecule has 0 fully saturated rings. The first-order valence-electron chi connectivity index (χ1n) is 7.47. The van der Waals surface area contributed by atoms with Crippen molar-refractivity contribution in [2.45, 2.75) is 33.2 Å². The number of rotatable bonds is 8. The Bertz CT molecular complexity index is 439. The Morgan fingerprint density at radius 1 is 1.24 bits per heavy atom. The van der Waals surface area contributed by atoms with Gasteiger partial charge >= 0.3 is 0 Å². The SMILES string of the molecule is CN(C)Cc1ccc(C(=O)NCC(C)(C)CCCO)cc1. The molecule has 118 valence electrons. The lowest BCUT2D eigenvalue weighted by atomic mass is 9.88. The van der Waals surface area contributed by atoms with Crippen LogP contribution in [0.15, 0.2) is 24.3 Å². The summed E-state index contributed by atoms with van der Waals surface area (Å²) in [7, 11) is 4.05. The van der Waals surface area contributed by atoms with Gasteiger partial charge in [0.2, 0.25) is 0 Å². The summed E-state index contributed by atoms with van der Waals surface area (Å²) < 4.78 is 0. The summed E-state index contributed by atoms with van der Waals surface area (Å²) in [4.78, 5) is 14.2. The predicted octanol–water partition coefficient (Wildman–Crippen LogP) is 2.28. The number of aliphatic hydroxyl groups is 1. The number of benzene rings is 1. The molecule has 4 nitrogen and oxygen atoms in total. The highest BCUT2D eigenvalue weighted by Gasteiger charge is 2.18. The molecule has 21 heavy (non-hydrogen) atoms. The van der Waals surface area contributed by atoms with Crippen LogP contribution in [0.5, 0.6) is 0 Å². The molecule has 0 heterocycles. The smallest absolute Gasteiger partial charge is 0.251 e. The second kappa shape index (κ2) is 8.15. The average molecular weight is 292 g/mol. The van der Waals surface area contributed by atoms with E-state index in [9.17, 15) is 4.79 Å². The van der Waals surface area contributed by atoms with E-state index in [1.165, 1.54) is 5.56 Å². The highest BCUT2D eigenvalue weighted by molar-refractivity contribution is 5.94. The van der Waals surface area contributed by atoms with Crippen molar-refractivity contribution in [1.29, 1.82) is 0 Å². The van der Waals surface area contributed by atoms with Crippen LogP contribution in [-0.4, -0.2) is 43.2 Å². The Morgan fingerprint density at radius 2 is 1.86 bits per heavy atom. The van der Waals surface area contributed by atoms with Gasteiger partial charge in [0.1, 0.15) is 0 Å². The lowest BCUT2D eigenvalue weighted by molar-refractivity contribution is 0.0933. The fourth-order valence-electron chi connectivity index (χ4n) is 2.19. The topological polar surface area (TPSA) is 52.6 Å². The molecule has 0 saturated heterocycles. The van der Waals surface area contributed by atoms with E-state index in [1.807, 2.05) is 38.4 Å². The van der Waals surface area contributed by atoms with Crippen LogP contribution in [-0.2, 0) is 6.54 Å². The number of nitrogens with zero attached hydrogens (tertiary/aromatic N) is 1. The van der Waals surface area contributed by atoms with Crippen LogP contribution in [0.4, 0.5) is 0 Å². The third-order valence-corrected chi connectivity index (χ3v) is 3.45. The summed E-state index contributed by atoms with van der Waals surface area (Å²) in [6.07, 6.45) is 1.66. The number of hydrogen-bond acceptors (Lipinski definition) is 3. The third kappa shape index (κ3) is 6.74. The highest BCUT2D eigenvalue weighted by atomic mass is 16.2. The fraction of sp³-hybridized carbons (Fsp3) is 0.588. The van der Waals surface area contributed by atoms with Gasteiger partial charge in [-0.3, -0.25) is 4.79 Å². The molecule has 1 aromatic carbocycles. The van der Waals surface area contributed by atoms with E-state index in [2.05, 4.69) is 24.1 Å². The number of nitrogens with one attached hydrogen (secondary N) is 1. The zero-order valence-electron chi connectivity index (χ0n) is 13.6. The van der Waals surface area contributed by atoms with Gasteiger partial charge in [0.25, 0.3) is 5.91 Å². The van der Waals surface area contributed by atoms with Gasteiger partial charge < -0.3 is 15.3 Å². The van der Waals surface area contributed by atoms with Crippen molar-refractivity contribution >= 4 is 5.91 Å². The first-order chi connectivity index (χ1) is 9.84. The van der Waals surface area contributed by atoms with E-state index in [-0.39, 0.29) is 17.9 Å². The molecule has 1 aromatic rings. The number of aliphatic hydroxyl groups excluding tert-OH is 1. The van der Waals surface area contributed by atoms with Crippen molar-refractivity contribution in [2.75, 3.05) is 27.2 Å². The standard InChI is InChI=1S/C17H28N2O2/c1-17(2,10-5-11-20)13-18-16(21)15-8-6-14(7-9-15)12-19(3)4/h6-9,20H,5,10-13H2,1-4H3,(H,18,21). The Hall–Kier alpha value is -1.39. The highest BCUT2D eigenvalue weighted by Crippen LogP contribution is 2.20. The zero-order valence-corrected chi connectivity index (χ0v) is 13.6. The van der Waals surface area contributed by atoms with Crippen LogP contribution in [0.25, 0.3) is 0 Å². The Balaban J connectivity index is 2.52. The van der Waals surface area contributed by atoms with Crippen molar-refractivity contribution in [3.05, 3.63) is 35.4 Å². The van der Waals surface area contributed by atoms with Crippen LogP contribution in [0, 0.1) is 5.41 Å². The molecule has 0 saturated carbocycles. The van der Waals surface area contributed by atoms with Crippen LogP contribution < -0.4 is 5.32 Å². The van der Waals surface area contributed by atoms with Crippen molar-refractivity contribution in [1.82, 2.24) is 10.2 Å². The van der Waals surface area contributed by atoms with E-state index < -0.39 is 0 Å². The average Bonchev–Trinajstić information content (AvgIpc) is 2.43. The quantitative estimate of drug-likeness (QED) is 0.773. The number of carbonyl (C=O) groups excluding carboxylic acids is 1. The van der Waals surface area contributed by atoms with Gasteiger partial charge in [-0.2, -0.15) is 0 Å². The molecule has 2 N–H and O–H groups in total. The van der Waals surface area contributed by atoms with Crippen LogP contribution in [0.1, 0.15) is 42.6 Å². The normalized spacial score (nSPS) is 11.7. The molecule has 0 atom stereocenters.